The molecule has 0 saturated heterocycles. The molecule has 0 radical (unpaired) electrons. The van der Waals surface area contributed by atoms with Gasteiger partial charge >= 0.3 is 0 Å². The number of aryl methyl sites for hydroxylation is 1. The second-order valence-electron chi connectivity index (χ2n) is 5.67. The maximum atomic E-state index is 12.4. The maximum absolute atomic E-state index is 12.4. The standard InChI is InChI=1S/C16H14BrN3O/c17-12-7-19-13(8-18-12)20-16(21)15-11-6-5-9-3-1-2-4-10(9)14(11)15/h1-4,7-8,11,14-15H,5-6H2,(H,19,20,21). The zero-order chi connectivity index (χ0) is 14.4. The summed E-state index contributed by atoms with van der Waals surface area (Å²) in [5.74, 6) is 1.54. The minimum atomic E-state index is 0.0679. The first-order chi connectivity index (χ1) is 10.2. The third-order valence-electron chi connectivity index (χ3n) is 4.50. The predicted molar refractivity (Wildman–Crippen MR) is 82.8 cm³/mol. The number of aromatic nitrogens is 2. The molecule has 0 aliphatic heterocycles. The molecule has 1 aromatic carbocycles. The number of carbonyl (C=O) groups is 1. The summed E-state index contributed by atoms with van der Waals surface area (Å²) in [5, 5.41) is 2.88. The molecule has 1 fully saturated rings. The number of nitrogens with zero attached hydrogens (tertiary/aromatic N) is 2. The Kier molecular flexibility index (Phi) is 3.03. The molecular formula is C16H14BrN3O. The number of carbonyl (C=O) groups excluding carboxylic acids is 1. The van der Waals surface area contributed by atoms with E-state index in [9.17, 15) is 4.79 Å². The molecule has 1 heterocycles. The molecule has 4 nitrogen and oxygen atoms in total. The molecule has 2 aromatic rings. The number of fused-ring (bicyclic) bond motifs is 3. The Balaban J connectivity index is 1.52. The Labute approximate surface area is 131 Å². The van der Waals surface area contributed by atoms with Crippen molar-refractivity contribution in [3.63, 3.8) is 0 Å². The van der Waals surface area contributed by atoms with Crippen LogP contribution in [0.1, 0.15) is 23.5 Å². The van der Waals surface area contributed by atoms with Crippen LogP contribution < -0.4 is 5.32 Å². The van der Waals surface area contributed by atoms with E-state index in [1.807, 2.05) is 0 Å². The molecule has 2 aliphatic carbocycles. The largest absolute Gasteiger partial charge is 0.309 e. The number of halogens is 1. The average Bonchev–Trinajstić information content (AvgIpc) is 3.25. The molecule has 1 saturated carbocycles. The van der Waals surface area contributed by atoms with Crippen molar-refractivity contribution in [2.45, 2.75) is 18.8 Å². The lowest BCUT2D eigenvalue weighted by Crippen LogP contribution is -2.16. The number of rotatable bonds is 2. The maximum Gasteiger partial charge on any atom is 0.229 e. The normalized spacial score (nSPS) is 25.7. The van der Waals surface area contributed by atoms with E-state index in [0.717, 1.165) is 12.8 Å². The van der Waals surface area contributed by atoms with Gasteiger partial charge in [-0.05, 0) is 51.7 Å². The lowest BCUT2D eigenvalue weighted by atomic mass is 9.92. The third kappa shape index (κ3) is 2.25. The van der Waals surface area contributed by atoms with Crippen LogP contribution in [0.2, 0.25) is 0 Å². The van der Waals surface area contributed by atoms with Crippen LogP contribution in [0, 0.1) is 11.8 Å². The molecule has 3 atom stereocenters. The van der Waals surface area contributed by atoms with Crippen molar-refractivity contribution >= 4 is 27.7 Å². The number of hydrogen-bond donors (Lipinski definition) is 1. The van der Waals surface area contributed by atoms with Crippen molar-refractivity contribution < 1.29 is 4.79 Å². The van der Waals surface area contributed by atoms with Crippen LogP contribution in [-0.2, 0) is 11.2 Å². The molecule has 0 spiro atoms. The highest BCUT2D eigenvalue weighted by molar-refractivity contribution is 9.10. The summed E-state index contributed by atoms with van der Waals surface area (Å²) in [6.45, 7) is 0. The quantitative estimate of drug-likeness (QED) is 0.911. The molecule has 1 N–H and O–H groups in total. The van der Waals surface area contributed by atoms with E-state index in [2.05, 4.69) is 55.5 Å². The van der Waals surface area contributed by atoms with Crippen LogP contribution >= 0.6 is 15.9 Å². The SMILES string of the molecule is O=C(Nc1cnc(Br)cn1)C1C2CCc3ccccc3C21. The third-order valence-corrected chi connectivity index (χ3v) is 4.91. The first-order valence-corrected chi connectivity index (χ1v) is 7.89. The van der Waals surface area contributed by atoms with Gasteiger partial charge in [-0.2, -0.15) is 0 Å². The molecule has 0 bridgehead atoms. The Morgan fingerprint density at radius 2 is 2.10 bits per heavy atom. The van der Waals surface area contributed by atoms with Crippen LogP contribution in [0.4, 0.5) is 5.82 Å². The average molecular weight is 344 g/mol. The summed E-state index contributed by atoms with van der Waals surface area (Å²) in [5.41, 5.74) is 2.76. The fourth-order valence-electron chi connectivity index (χ4n) is 3.51. The molecule has 21 heavy (non-hydrogen) atoms. The van der Waals surface area contributed by atoms with E-state index in [4.69, 9.17) is 0 Å². The van der Waals surface area contributed by atoms with Crippen LogP contribution in [-0.4, -0.2) is 15.9 Å². The van der Waals surface area contributed by atoms with Crippen LogP contribution in [0.25, 0.3) is 0 Å². The molecule has 3 unspecified atom stereocenters. The number of hydrogen-bond acceptors (Lipinski definition) is 3. The van der Waals surface area contributed by atoms with E-state index in [1.54, 1.807) is 12.4 Å². The van der Waals surface area contributed by atoms with Crippen LogP contribution in [0.3, 0.4) is 0 Å². The molecule has 5 heteroatoms. The number of anilines is 1. The Morgan fingerprint density at radius 3 is 2.90 bits per heavy atom. The second-order valence-corrected chi connectivity index (χ2v) is 6.48. The lowest BCUT2D eigenvalue weighted by Gasteiger charge is -2.13. The van der Waals surface area contributed by atoms with Gasteiger partial charge < -0.3 is 5.32 Å². The van der Waals surface area contributed by atoms with Gasteiger partial charge in [0.2, 0.25) is 5.91 Å². The van der Waals surface area contributed by atoms with E-state index in [0.29, 0.717) is 22.3 Å². The first kappa shape index (κ1) is 13.0. The monoisotopic (exact) mass is 343 g/mol. The summed E-state index contributed by atoms with van der Waals surface area (Å²) < 4.78 is 0.662. The van der Waals surface area contributed by atoms with Crippen molar-refractivity contribution in [2.75, 3.05) is 5.32 Å². The van der Waals surface area contributed by atoms with E-state index >= 15 is 0 Å². The van der Waals surface area contributed by atoms with Crippen LogP contribution in [0.5, 0.6) is 0 Å². The zero-order valence-corrected chi connectivity index (χ0v) is 12.9. The second kappa shape index (κ2) is 4.91. The molecular weight excluding hydrogens is 330 g/mol. The Hall–Kier alpha value is -1.75. The van der Waals surface area contributed by atoms with Crippen molar-refractivity contribution in [3.05, 3.63) is 52.4 Å². The lowest BCUT2D eigenvalue weighted by molar-refractivity contribution is -0.117. The van der Waals surface area contributed by atoms with Crippen molar-refractivity contribution in [2.24, 2.45) is 11.8 Å². The van der Waals surface area contributed by atoms with E-state index < -0.39 is 0 Å². The highest BCUT2D eigenvalue weighted by Crippen LogP contribution is 2.60. The van der Waals surface area contributed by atoms with Crippen molar-refractivity contribution in [1.29, 1.82) is 0 Å². The topological polar surface area (TPSA) is 54.9 Å². The number of nitrogens with one attached hydrogen (secondary N) is 1. The molecule has 106 valence electrons. The van der Waals surface area contributed by atoms with Crippen LogP contribution in [0.15, 0.2) is 41.3 Å². The van der Waals surface area contributed by atoms with Gasteiger partial charge in [0.05, 0.1) is 12.4 Å². The van der Waals surface area contributed by atoms with Gasteiger partial charge in [-0.3, -0.25) is 4.79 Å². The molecule has 4 rings (SSSR count). The van der Waals surface area contributed by atoms with Gasteiger partial charge in [0.1, 0.15) is 4.60 Å². The highest BCUT2D eigenvalue weighted by atomic mass is 79.9. The summed E-state index contributed by atoms with van der Waals surface area (Å²) in [7, 11) is 0. The van der Waals surface area contributed by atoms with E-state index in [-0.39, 0.29) is 11.8 Å². The van der Waals surface area contributed by atoms with Crippen molar-refractivity contribution in [1.82, 2.24) is 9.97 Å². The fourth-order valence-corrected chi connectivity index (χ4v) is 3.71. The smallest absolute Gasteiger partial charge is 0.229 e. The molecule has 1 aromatic heterocycles. The molecule has 2 aliphatic rings. The Bertz CT molecular complexity index is 701. The van der Waals surface area contributed by atoms with Gasteiger partial charge in [0.15, 0.2) is 5.82 Å². The van der Waals surface area contributed by atoms with Gasteiger partial charge in [-0.15, -0.1) is 0 Å². The van der Waals surface area contributed by atoms with Gasteiger partial charge in [-0.25, -0.2) is 9.97 Å². The van der Waals surface area contributed by atoms with Crippen molar-refractivity contribution in [3.8, 4) is 0 Å². The number of amides is 1. The van der Waals surface area contributed by atoms with Gasteiger partial charge in [-0.1, -0.05) is 24.3 Å². The summed E-state index contributed by atoms with van der Waals surface area (Å²) in [6.07, 6.45) is 5.35. The zero-order valence-electron chi connectivity index (χ0n) is 11.3. The predicted octanol–water partition coefficient (Wildman–Crippen LogP) is 3.15. The summed E-state index contributed by atoms with van der Waals surface area (Å²) in [6, 6.07) is 8.49. The summed E-state index contributed by atoms with van der Waals surface area (Å²) >= 11 is 3.23. The van der Waals surface area contributed by atoms with E-state index in [1.165, 1.54) is 11.1 Å². The Morgan fingerprint density at radius 1 is 1.24 bits per heavy atom. The summed E-state index contributed by atoms with van der Waals surface area (Å²) in [4.78, 5) is 20.7. The molecule has 1 amide bonds. The fraction of sp³-hybridized carbons (Fsp3) is 0.312. The minimum Gasteiger partial charge on any atom is -0.309 e. The van der Waals surface area contributed by atoms with Gasteiger partial charge in [0.25, 0.3) is 0 Å². The first-order valence-electron chi connectivity index (χ1n) is 7.10. The number of benzene rings is 1. The highest BCUT2D eigenvalue weighted by Gasteiger charge is 2.56. The minimum absolute atomic E-state index is 0.0679. The van der Waals surface area contributed by atoms with Gasteiger partial charge in [0, 0.05) is 5.92 Å².